The van der Waals surface area contributed by atoms with Gasteiger partial charge in [0.2, 0.25) is 0 Å². The zero-order valence-corrected chi connectivity index (χ0v) is 11.8. The van der Waals surface area contributed by atoms with Crippen molar-refractivity contribution in [2.24, 2.45) is 16.7 Å². The third kappa shape index (κ3) is 2.16. The molecule has 94 valence electrons. The molecule has 2 aliphatic carbocycles. The van der Waals surface area contributed by atoms with Crippen LogP contribution in [0.25, 0.3) is 0 Å². The maximum absolute atomic E-state index is 3.58. The Kier molecular flexibility index (Phi) is 2.89. The van der Waals surface area contributed by atoms with Crippen molar-refractivity contribution in [3.05, 3.63) is 0 Å². The van der Waals surface area contributed by atoms with Gasteiger partial charge in [0.1, 0.15) is 0 Å². The van der Waals surface area contributed by atoms with Crippen LogP contribution in [0, 0.1) is 16.7 Å². The van der Waals surface area contributed by atoms with Crippen LogP contribution in [0.5, 0.6) is 0 Å². The van der Waals surface area contributed by atoms with Crippen LogP contribution in [0.15, 0.2) is 0 Å². The lowest BCUT2D eigenvalue weighted by molar-refractivity contribution is -0.0353. The summed E-state index contributed by atoms with van der Waals surface area (Å²) in [4.78, 5) is 0. The predicted molar refractivity (Wildman–Crippen MR) is 70.5 cm³/mol. The lowest BCUT2D eigenvalue weighted by atomic mass is 9.51. The number of fused-ring (bicyclic) bond motifs is 2. The summed E-state index contributed by atoms with van der Waals surface area (Å²) in [5, 5.41) is 3.58. The first-order valence-electron chi connectivity index (χ1n) is 7.01. The third-order valence-electron chi connectivity index (χ3n) is 5.43. The fourth-order valence-corrected chi connectivity index (χ4v) is 5.03. The highest BCUT2D eigenvalue weighted by Crippen LogP contribution is 2.58. The van der Waals surface area contributed by atoms with E-state index in [-0.39, 0.29) is 0 Å². The Labute approximate surface area is 101 Å². The van der Waals surface area contributed by atoms with Crippen LogP contribution in [0.4, 0.5) is 0 Å². The molecule has 0 spiro atoms. The van der Waals surface area contributed by atoms with Crippen LogP contribution in [0.2, 0.25) is 0 Å². The predicted octanol–water partition coefficient (Wildman–Crippen LogP) is 3.98. The van der Waals surface area contributed by atoms with E-state index >= 15 is 0 Å². The lowest BCUT2D eigenvalue weighted by Gasteiger charge is -2.56. The smallest absolute Gasteiger partial charge is 0.0158 e. The summed E-state index contributed by atoms with van der Waals surface area (Å²) in [7, 11) is 2.14. The van der Waals surface area contributed by atoms with Crippen molar-refractivity contribution in [2.45, 2.75) is 71.8 Å². The molecule has 2 aliphatic rings. The number of hydrogen-bond acceptors (Lipinski definition) is 1. The Morgan fingerprint density at radius 3 is 2.25 bits per heavy atom. The molecule has 3 unspecified atom stereocenters. The maximum atomic E-state index is 3.58. The Hall–Kier alpha value is -0.0400. The van der Waals surface area contributed by atoms with Crippen LogP contribution in [0.3, 0.4) is 0 Å². The summed E-state index contributed by atoms with van der Waals surface area (Å²) >= 11 is 0. The van der Waals surface area contributed by atoms with Crippen LogP contribution in [0.1, 0.15) is 66.2 Å². The average Bonchev–Trinajstić information content (AvgIpc) is 2.14. The van der Waals surface area contributed by atoms with Gasteiger partial charge in [0.15, 0.2) is 0 Å². The Morgan fingerprint density at radius 2 is 1.75 bits per heavy atom. The second kappa shape index (κ2) is 3.73. The van der Waals surface area contributed by atoms with Crippen LogP contribution < -0.4 is 5.32 Å². The zero-order chi connectivity index (χ0) is 12.0. The van der Waals surface area contributed by atoms with Gasteiger partial charge < -0.3 is 5.32 Å². The van der Waals surface area contributed by atoms with Crippen molar-refractivity contribution >= 4 is 0 Å². The van der Waals surface area contributed by atoms with E-state index in [0.29, 0.717) is 16.4 Å². The molecule has 2 bridgehead atoms. The molecular formula is C15H29N. The topological polar surface area (TPSA) is 12.0 Å². The van der Waals surface area contributed by atoms with E-state index in [1.165, 1.54) is 38.5 Å². The Morgan fingerprint density at radius 1 is 1.06 bits per heavy atom. The van der Waals surface area contributed by atoms with Gasteiger partial charge in [-0.25, -0.2) is 0 Å². The first-order valence-corrected chi connectivity index (χ1v) is 7.01. The highest BCUT2D eigenvalue weighted by Gasteiger charge is 2.50. The first-order chi connectivity index (χ1) is 7.32. The molecule has 0 aromatic heterocycles. The monoisotopic (exact) mass is 223 g/mol. The van der Waals surface area contributed by atoms with E-state index in [2.05, 4.69) is 40.1 Å². The molecule has 0 saturated heterocycles. The lowest BCUT2D eigenvalue weighted by Crippen LogP contribution is -2.54. The SMILES string of the molecule is CCC1(C)CC2CC(C)(C1)C[C@@](C)(NC)C2. The van der Waals surface area contributed by atoms with Crippen molar-refractivity contribution in [1.82, 2.24) is 5.32 Å². The molecule has 0 aromatic rings. The van der Waals surface area contributed by atoms with Crippen LogP contribution in [-0.4, -0.2) is 12.6 Å². The molecule has 2 fully saturated rings. The van der Waals surface area contributed by atoms with Crippen molar-refractivity contribution in [3.63, 3.8) is 0 Å². The van der Waals surface area contributed by atoms with Gasteiger partial charge >= 0.3 is 0 Å². The summed E-state index contributed by atoms with van der Waals surface area (Å²) in [5.74, 6) is 0.954. The molecule has 0 aliphatic heterocycles. The van der Waals surface area contributed by atoms with Crippen LogP contribution >= 0.6 is 0 Å². The van der Waals surface area contributed by atoms with Crippen molar-refractivity contribution in [1.29, 1.82) is 0 Å². The molecule has 4 atom stereocenters. The summed E-state index contributed by atoms with van der Waals surface area (Å²) in [6.45, 7) is 9.84. The first kappa shape index (κ1) is 12.4. The van der Waals surface area contributed by atoms with Gasteiger partial charge in [-0.15, -0.1) is 0 Å². The van der Waals surface area contributed by atoms with Gasteiger partial charge in [-0.05, 0) is 62.8 Å². The van der Waals surface area contributed by atoms with Gasteiger partial charge in [0.05, 0.1) is 0 Å². The molecule has 0 aromatic carbocycles. The quantitative estimate of drug-likeness (QED) is 0.746. The highest BCUT2D eigenvalue weighted by molar-refractivity contribution is 5.04. The summed E-state index contributed by atoms with van der Waals surface area (Å²) in [6, 6.07) is 0. The van der Waals surface area contributed by atoms with E-state index in [1.807, 2.05) is 0 Å². The molecule has 0 radical (unpaired) electrons. The van der Waals surface area contributed by atoms with Crippen LogP contribution in [-0.2, 0) is 0 Å². The summed E-state index contributed by atoms with van der Waals surface area (Å²) < 4.78 is 0. The minimum absolute atomic E-state index is 0.396. The van der Waals surface area contributed by atoms with Gasteiger partial charge in [-0.3, -0.25) is 0 Å². The molecule has 1 N–H and O–H groups in total. The second-order valence-corrected chi connectivity index (χ2v) is 7.62. The molecule has 16 heavy (non-hydrogen) atoms. The van der Waals surface area contributed by atoms with E-state index in [0.717, 1.165) is 5.92 Å². The van der Waals surface area contributed by atoms with Gasteiger partial charge in [0.25, 0.3) is 0 Å². The van der Waals surface area contributed by atoms with E-state index in [4.69, 9.17) is 0 Å². The largest absolute Gasteiger partial charge is 0.315 e. The fourth-order valence-electron chi connectivity index (χ4n) is 5.03. The standard InChI is InChI=1S/C15H29N/c1-6-13(2)7-12-8-14(3,10-13)11-15(4,9-12)16-5/h12,16H,6-11H2,1-5H3/t12?,13?,14?,15-/m0/s1. The molecule has 0 amide bonds. The normalized spacial score (nSPS) is 52.7. The molecule has 2 saturated carbocycles. The maximum Gasteiger partial charge on any atom is 0.0158 e. The minimum atomic E-state index is 0.396. The number of hydrogen-bond donors (Lipinski definition) is 1. The molecule has 0 heterocycles. The Balaban J connectivity index is 2.20. The number of nitrogens with one attached hydrogen (secondary N) is 1. The Bertz CT molecular complexity index is 251. The van der Waals surface area contributed by atoms with E-state index in [1.54, 1.807) is 0 Å². The molecule has 2 rings (SSSR count). The summed E-state index contributed by atoms with van der Waals surface area (Å²) in [6.07, 6.45) is 8.47. The highest BCUT2D eigenvalue weighted by atomic mass is 14.9. The molecule has 1 heteroatoms. The molecular weight excluding hydrogens is 194 g/mol. The minimum Gasteiger partial charge on any atom is -0.315 e. The van der Waals surface area contributed by atoms with Gasteiger partial charge in [-0.2, -0.15) is 0 Å². The fraction of sp³-hybridized carbons (Fsp3) is 1.00. The van der Waals surface area contributed by atoms with Gasteiger partial charge in [0, 0.05) is 5.54 Å². The summed E-state index contributed by atoms with van der Waals surface area (Å²) in [5.41, 5.74) is 1.60. The molecule has 1 nitrogen and oxygen atoms in total. The number of rotatable bonds is 2. The second-order valence-electron chi connectivity index (χ2n) is 7.62. The van der Waals surface area contributed by atoms with E-state index < -0.39 is 0 Å². The van der Waals surface area contributed by atoms with E-state index in [9.17, 15) is 0 Å². The average molecular weight is 223 g/mol. The van der Waals surface area contributed by atoms with Crippen molar-refractivity contribution in [2.75, 3.05) is 7.05 Å². The zero-order valence-electron chi connectivity index (χ0n) is 11.8. The van der Waals surface area contributed by atoms with Crippen molar-refractivity contribution < 1.29 is 0 Å². The van der Waals surface area contributed by atoms with Crippen molar-refractivity contribution in [3.8, 4) is 0 Å². The third-order valence-corrected chi connectivity index (χ3v) is 5.43. The van der Waals surface area contributed by atoms with Gasteiger partial charge in [-0.1, -0.05) is 27.2 Å².